The molecule has 4 rings (SSSR count). The fraction of sp³-hybridized carbons (Fsp3) is 0.639. The average Bonchev–Trinajstić information content (AvgIpc) is 3.34. The number of amides is 4. The molecule has 2 unspecified atom stereocenters. The minimum Gasteiger partial charge on any atom is -0.364 e. The van der Waals surface area contributed by atoms with Gasteiger partial charge < -0.3 is 25.6 Å². The number of para-hydroxylation sites is 1. The van der Waals surface area contributed by atoms with Crippen LogP contribution in [0.1, 0.15) is 104 Å². The highest BCUT2D eigenvalue weighted by Crippen LogP contribution is 2.41. The fourth-order valence-electron chi connectivity index (χ4n) is 5.07. The van der Waals surface area contributed by atoms with Crippen molar-refractivity contribution in [1.82, 2.24) is 20.9 Å². The first-order valence-corrected chi connectivity index (χ1v) is 17.3. The first kappa shape index (κ1) is 42.3. The summed E-state index contributed by atoms with van der Waals surface area (Å²) in [5.74, 6) is -0.583. The van der Waals surface area contributed by atoms with Crippen molar-refractivity contribution in [2.75, 3.05) is 45.5 Å². The van der Waals surface area contributed by atoms with E-state index in [1.807, 2.05) is 36.1 Å². The standard InChI is InChI=1S/C13H20N4O3.C11H13NO3.C8H16O.C4H10/c1-9-6-14-11(18)7-15-12(19)8-16-13(20)10-4-2-3-5-17(9)10;1-11(14-2)8-6-4-5-7-9(8)12(15-3)10(11)13;1-3-5-6-7-8(9)4-2;1-3-4-2/h10H,1-8H2,(H,14,18)(H,15,19)(H,16,20);4-7H,1-3H3;3-7H2,1-2H3;3-4H2,1-2H3. The average molecular weight is 674 g/mol. The topological polar surface area (TPSA) is 146 Å². The number of ether oxygens (including phenoxy) is 1. The van der Waals surface area contributed by atoms with Crippen molar-refractivity contribution < 1.29 is 33.5 Å². The van der Waals surface area contributed by atoms with Crippen LogP contribution in [-0.4, -0.2) is 80.8 Å². The summed E-state index contributed by atoms with van der Waals surface area (Å²) in [5, 5.41) is 9.02. The lowest BCUT2D eigenvalue weighted by Crippen LogP contribution is -2.53. The van der Waals surface area contributed by atoms with Crippen LogP contribution >= 0.6 is 0 Å². The Hall–Kier alpha value is -3.77. The summed E-state index contributed by atoms with van der Waals surface area (Å²) in [5.41, 5.74) is 1.37. The third kappa shape index (κ3) is 13.0. The maximum absolute atomic E-state index is 12.2. The SMILES string of the molecule is C=C1CNC(=O)CNC(=O)CNC(=O)C2CCCCN12.CCCC.CCCCCC(=O)CC.CON1C(=O)C(C)(OC)c2ccccc21. The van der Waals surface area contributed by atoms with Crippen molar-refractivity contribution in [1.29, 1.82) is 0 Å². The molecule has 0 aromatic heterocycles. The Kier molecular flexibility index (Phi) is 20.0. The Balaban J connectivity index is 0.000000362. The first-order chi connectivity index (χ1) is 22.9. The van der Waals surface area contributed by atoms with E-state index in [4.69, 9.17) is 9.57 Å². The van der Waals surface area contributed by atoms with E-state index < -0.39 is 5.60 Å². The quantitative estimate of drug-likeness (QED) is 0.342. The number of nitrogens with zero attached hydrogens (tertiary/aromatic N) is 2. The van der Waals surface area contributed by atoms with Crippen LogP contribution in [-0.2, 0) is 39.1 Å². The van der Waals surface area contributed by atoms with Crippen molar-refractivity contribution in [3.63, 3.8) is 0 Å². The van der Waals surface area contributed by atoms with Crippen molar-refractivity contribution in [2.24, 2.45) is 0 Å². The molecule has 270 valence electrons. The lowest BCUT2D eigenvalue weighted by atomic mass is 9.98. The molecule has 0 saturated carbocycles. The predicted molar refractivity (Wildman–Crippen MR) is 188 cm³/mol. The molecule has 2 saturated heterocycles. The highest BCUT2D eigenvalue weighted by atomic mass is 16.7. The van der Waals surface area contributed by atoms with E-state index in [0.29, 0.717) is 18.7 Å². The number of piperidine rings is 1. The van der Waals surface area contributed by atoms with Crippen LogP contribution in [0.3, 0.4) is 0 Å². The van der Waals surface area contributed by atoms with Crippen LogP contribution in [0.5, 0.6) is 0 Å². The summed E-state index contributed by atoms with van der Waals surface area (Å²) < 4.78 is 5.30. The maximum Gasteiger partial charge on any atom is 0.287 e. The van der Waals surface area contributed by atoms with Gasteiger partial charge in [0.2, 0.25) is 17.7 Å². The number of fused-ring (bicyclic) bond motifs is 2. The number of rotatable bonds is 8. The van der Waals surface area contributed by atoms with Gasteiger partial charge in [0.25, 0.3) is 5.91 Å². The second-order valence-electron chi connectivity index (χ2n) is 11.9. The number of methoxy groups -OCH3 is 1. The molecule has 1 aromatic carbocycles. The Morgan fingerprint density at radius 2 is 1.52 bits per heavy atom. The third-order valence-corrected chi connectivity index (χ3v) is 8.34. The second kappa shape index (κ2) is 22.7. The summed E-state index contributed by atoms with van der Waals surface area (Å²) in [4.78, 5) is 64.9. The number of benzene rings is 1. The highest BCUT2D eigenvalue weighted by molar-refractivity contribution is 6.05. The normalized spacial score (nSPS) is 20.7. The Labute approximate surface area is 287 Å². The lowest BCUT2D eigenvalue weighted by molar-refractivity contribution is -0.143. The van der Waals surface area contributed by atoms with E-state index >= 15 is 0 Å². The van der Waals surface area contributed by atoms with Gasteiger partial charge in [0.05, 0.1) is 32.4 Å². The van der Waals surface area contributed by atoms with Crippen LogP contribution in [0.25, 0.3) is 0 Å². The monoisotopic (exact) mass is 673 g/mol. The van der Waals surface area contributed by atoms with Crippen LogP contribution in [0.2, 0.25) is 0 Å². The van der Waals surface area contributed by atoms with E-state index in [0.717, 1.165) is 55.6 Å². The number of hydrogen-bond acceptors (Lipinski definition) is 8. The molecule has 3 aliphatic rings. The number of ketones is 1. The molecular weight excluding hydrogens is 614 g/mol. The molecule has 3 N–H and O–H groups in total. The van der Waals surface area contributed by atoms with E-state index in [2.05, 4.69) is 43.3 Å². The van der Waals surface area contributed by atoms with Gasteiger partial charge in [0, 0.05) is 37.8 Å². The van der Waals surface area contributed by atoms with Crippen LogP contribution in [0.15, 0.2) is 36.5 Å². The minimum absolute atomic E-state index is 0.0919. The number of anilines is 1. The Morgan fingerprint density at radius 3 is 2.10 bits per heavy atom. The molecular formula is C36H59N5O7. The van der Waals surface area contributed by atoms with E-state index in [1.54, 1.807) is 6.92 Å². The molecule has 0 bridgehead atoms. The van der Waals surface area contributed by atoms with Crippen molar-refractivity contribution >= 4 is 35.1 Å². The number of nitrogens with one attached hydrogen (secondary N) is 3. The number of hydroxylamine groups is 1. The number of hydrogen-bond donors (Lipinski definition) is 3. The number of carbonyl (C=O) groups excluding carboxylic acids is 5. The molecule has 0 spiro atoms. The fourth-order valence-corrected chi connectivity index (χ4v) is 5.07. The van der Waals surface area contributed by atoms with E-state index in [-0.39, 0.29) is 42.8 Å². The van der Waals surface area contributed by atoms with Gasteiger partial charge in [-0.05, 0) is 38.7 Å². The van der Waals surface area contributed by atoms with Gasteiger partial charge in [-0.3, -0.25) is 28.8 Å². The minimum atomic E-state index is -0.938. The molecule has 3 aliphatic heterocycles. The van der Waals surface area contributed by atoms with Gasteiger partial charge in [-0.2, -0.15) is 5.06 Å². The Bertz CT molecular complexity index is 1160. The second-order valence-corrected chi connectivity index (χ2v) is 11.9. The zero-order chi connectivity index (χ0) is 36.1. The predicted octanol–water partition coefficient (Wildman–Crippen LogP) is 4.53. The summed E-state index contributed by atoms with van der Waals surface area (Å²) in [6, 6.07) is 7.14. The molecule has 12 heteroatoms. The molecule has 2 atom stereocenters. The number of Topliss-reactive ketones (excluding diaryl/α,β-unsaturated/α-hetero) is 1. The summed E-state index contributed by atoms with van der Waals surface area (Å²) in [6.07, 6.45) is 10.3. The Morgan fingerprint density at radius 1 is 0.896 bits per heavy atom. The smallest absolute Gasteiger partial charge is 0.287 e. The third-order valence-electron chi connectivity index (χ3n) is 8.34. The van der Waals surface area contributed by atoms with Crippen LogP contribution in [0.4, 0.5) is 5.69 Å². The van der Waals surface area contributed by atoms with Crippen molar-refractivity contribution in [3.05, 3.63) is 42.1 Å². The largest absolute Gasteiger partial charge is 0.364 e. The summed E-state index contributed by atoms with van der Waals surface area (Å²) >= 11 is 0. The van der Waals surface area contributed by atoms with Gasteiger partial charge in [-0.1, -0.05) is 78.2 Å². The van der Waals surface area contributed by atoms with E-state index in [1.165, 1.54) is 45.0 Å². The zero-order valence-electron chi connectivity index (χ0n) is 30.2. The maximum atomic E-state index is 12.2. The van der Waals surface area contributed by atoms with E-state index in [9.17, 15) is 24.0 Å². The van der Waals surface area contributed by atoms with Gasteiger partial charge in [0.1, 0.15) is 11.8 Å². The zero-order valence-corrected chi connectivity index (χ0v) is 30.2. The van der Waals surface area contributed by atoms with Gasteiger partial charge in [-0.25, -0.2) is 0 Å². The van der Waals surface area contributed by atoms with Crippen molar-refractivity contribution in [2.45, 2.75) is 110 Å². The van der Waals surface area contributed by atoms with Gasteiger partial charge in [0.15, 0.2) is 5.60 Å². The molecule has 0 radical (unpaired) electrons. The molecule has 3 heterocycles. The number of carbonyl (C=O) groups is 5. The summed E-state index contributed by atoms with van der Waals surface area (Å²) in [7, 11) is 2.99. The first-order valence-electron chi connectivity index (χ1n) is 17.3. The van der Waals surface area contributed by atoms with Gasteiger partial charge >= 0.3 is 0 Å². The molecule has 12 nitrogen and oxygen atoms in total. The van der Waals surface area contributed by atoms with Gasteiger partial charge in [-0.15, -0.1) is 0 Å². The molecule has 0 aliphatic carbocycles. The lowest BCUT2D eigenvalue weighted by Gasteiger charge is -2.37. The highest BCUT2D eigenvalue weighted by Gasteiger charge is 2.48. The van der Waals surface area contributed by atoms with Crippen molar-refractivity contribution in [3.8, 4) is 0 Å². The van der Waals surface area contributed by atoms with Crippen LogP contribution in [0, 0.1) is 0 Å². The van der Waals surface area contributed by atoms with Crippen LogP contribution < -0.4 is 21.0 Å². The molecule has 1 aromatic rings. The molecule has 2 fully saturated rings. The molecule has 4 amide bonds. The summed E-state index contributed by atoms with van der Waals surface area (Å²) in [6.45, 7) is 15.0. The molecule has 48 heavy (non-hydrogen) atoms. The number of unbranched alkanes of at least 4 members (excludes halogenated alkanes) is 3.